The highest BCUT2D eigenvalue weighted by atomic mass is 19.4. The monoisotopic (exact) mass is 366 g/mol. The van der Waals surface area contributed by atoms with Crippen molar-refractivity contribution in [1.82, 2.24) is 15.6 Å². The van der Waals surface area contributed by atoms with Gasteiger partial charge in [-0.3, -0.25) is 5.32 Å². The summed E-state index contributed by atoms with van der Waals surface area (Å²) in [6, 6.07) is 4.07. The smallest absolute Gasteiger partial charge is 0.370 e. The van der Waals surface area contributed by atoms with E-state index in [0.717, 1.165) is 44.6 Å². The van der Waals surface area contributed by atoms with Gasteiger partial charge >= 0.3 is 6.18 Å². The number of guanidine groups is 1. The lowest BCUT2D eigenvalue weighted by Gasteiger charge is -2.45. The van der Waals surface area contributed by atoms with Crippen molar-refractivity contribution >= 4 is 11.8 Å². The number of nitrogens with zero attached hydrogens (tertiary/aromatic N) is 3. The Morgan fingerprint density at radius 2 is 1.85 bits per heavy atom. The number of alkyl halides is 3. The van der Waals surface area contributed by atoms with Crippen LogP contribution >= 0.6 is 0 Å². The molecule has 0 bridgehead atoms. The summed E-state index contributed by atoms with van der Waals surface area (Å²) in [5, 5.41) is 6.29. The lowest BCUT2D eigenvalue weighted by Crippen LogP contribution is -2.61. The fraction of sp³-hybridized carbons (Fsp3) is 0.588. The number of hydrogen-bond donors (Lipinski definition) is 3. The summed E-state index contributed by atoms with van der Waals surface area (Å²) in [6.07, 6.45) is 1.75. The zero-order valence-corrected chi connectivity index (χ0v) is 14.2. The highest BCUT2D eigenvalue weighted by Gasteiger charge is 2.46. The Kier molecular flexibility index (Phi) is 4.13. The summed E-state index contributed by atoms with van der Waals surface area (Å²) < 4.78 is 39.0. The van der Waals surface area contributed by atoms with Crippen molar-refractivity contribution in [2.45, 2.75) is 56.5 Å². The molecule has 3 aliphatic rings. The van der Waals surface area contributed by atoms with Crippen molar-refractivity contribution in [1.29, 1.82) is 0 Å². The van der Waals surface area contributed by atoms with Crippen LogP contribution in [0.4, 0.5) is 13.2 Å². The van der Waals surface area contributed by atoms with E-state index in [9.17, 15) is 13.2 Å². The van der Waals surface area contributed by atoms with Gasteiger partial charge in [-0.2, -0.15) is 13.2 Å². The molecule has 2 saturated carbocycles. The predicted octanol–water partition coefficient (Wildman–Crippen LogP) is 2.36. The molecule has 0 saturated heterocycles. The Balaban J connectivity index is 1.71. The van der Waals surface area contributed by atoms with E-state index < -0.39 is 17.7 Å². The summed E-state index contributed by atoms with van der Waals surface area (Å²) >= 11 is 0. The number of aromatic nitrogens is 1. The maximum atomic E-state index is 13.0. The molecule has 2 aliphatic carbocycles. The van der Waals surface area contributed by atoms with Crippen LogP contribution < -0.4 is 16.4 Å². The van der Waals surface area contributed by atoms with Gasteiger partial charge in [0, 0.05) is 12.0 Å². The van der Waals surface area contributed by atoms with Crippen LogP contribution in [0.2, 0.25) is 0 Å². The predicted molar refractivity (Wildman–Crippen MR) is 91.4 cm³/mol. The summed E-state index contributed by atoms with van der Waals surface area (Å²) in [5.74, 6) is -0.357. The Morgan fingerprint density at radius 1 is 1.12 bits per heavy atom. The molecule has 0 radical (unpaired) electrons. The van der Waals surface area contributed by atoms with E-state index in [1.165, 1.54) is 12.1 Å². The molecule has 0 aromatic carbocycles. The Bertz CT molecular complexity index is 751. The van der Waals surface area contributed by atoms with Gasteiger partial charge in [0.05, 0.1) is 0 Å². The molecule has 4 rings (SSSR count). The minimum atomic E-state index is -4.51. The van der Waals surface area contributed by atoms with Crippen LogP contribution in [0, 0.1) is 5.92 Å². The second-order valence-corrected chi connectivity index (χ2v) is 7.11. The third-order valence-electron chi connectivity index (χ3n) is 5.30. The minimum absolute atomic E-state index is 0.108. The number of aliphatic imine (C=N–C) groups is 2. The van der Waals surface area contributed by atoms with Gasteiger partial charge in [-0.1, -0.05) is 18.9 Å². The van der Waals surface area contributed by atoms with Crippen LogP contribution in [-0.2, 0) is 6.18 Å². The Labute approximate surface area is 149 Å². The van der Waals surface area contributed by atoms with E-state index in [1.54, 1.807) is 0 Å². The summed E-state index contributed by atoms with van der Waals surface area (Å²) in [7, 11) is 0. The first-order chi connectivity index (χ1) is 12.4. The topological polar surface area (TPSA) is 87.7 Å². The molecule has 9 heteroatoms. The molecule has 1 unspecified atom stereocenters. The molecule has 1 aromatic rings. The number of amidine groups is 1. The second kappa shape index (κ2) is 6.22. The van der Waals surface area contributed by atoms with Crippen LogP contribution in [0.5, 0.6) is 0 Å². The van der Waals surface area contributed by atoms with Crippen molar-refractivity contribution in [3.8, 4) is 0 Å². The molecular formula is C17H21F3N6. The highest BCUT2D eigenvalue weighted by Crippen LogP contribution is 2.40. The van der Waals surface area contributed by atoms with Crippen LogP contribution in [0.15, 0.2) is 28.2 Å². The van der Waals surface area contributed by atoms with Gasteiger partial charge in [0.1, 0.15) is 11.4 Å². The van der Waals surface area contributed by atoms with Gasteiger partial charge in [0.15, 0.2) is 11.8 Å². The number of nitrogens with two attached hydrogens (primary N) is 1. The van der Waals surface area contributed by atoms with Gasteiger partial charge in [0.25, 0.3) is 0 Å². The summed E-state index contributed by atoms with van der Waals surface area (Å²) in [5.41, 5.74) is 5.13. The van der Waals surface area contributed by atoms with E-state index in [2.05, 4.69) is 20.6 Å². The maximum absolute atomic E-state index is 13.0. The number of pyridine rings is 1. The van der Waals surface area contributed by atoms with E-state index in [0.29, 0.717) is 6.04 Å². The zero-order chi connectivity index (χ0) is 18.4. The quantitative estimate of drug-likeness (QED) is 0.763. The van der Waals surface area contributed by atoms with Gasteiger partial charge in [0.2, 0.25) is 5.79 Å². The first kappa shape index (κ1) is 17.3. The standard InChI is InChI=1S/C17H21F3N6/c18-16(19,20)13-9-3-8-12(22-13)14-23-15(21)26-17(25-14,10-4-1-5-10)24-11-6-2-7-11/h3,8-11,24H,1-2,4-7H2,(H3,21,23,25,26). The summed E-state index contributed by atoms with van der Waals surface area (Å²) in [4.78, 5) is 13.0. The third-order valence-corrected chi connectivity index (χ3v) is 5.30. The largest absolute Gasteiger partial charge is 0.433 e. The molecule has 2 heterocycles. The molecule has 26 heavy (non-hydrogen) atoms. The second-order valence-electron chi connectivity index (χ2n) is 7.11. The Hall–Kier alpha value is -2.16. The zero-order valence-electron chi connectivity index (χ0n) is 14.2. The lowest BCUT2D eigenvalue weighted by molar-refractivity contribution is -0.141. The number of hydrogen-bond acceptors (Lipinski definition) is 6. The molecule has 1 aliphatic heterocycles. The minimum Gasteiger partial charge on any atom is -0.370 e. The van der Waals surface area contributed by atoms with E-state index in [4.69, 9.17) is 10.7 Å². The van der Waals surface area contributed by atoms with Crippen LogP contribution in [0.1, 0.15) is 49.9 Å². The number of halogens is 3. The van der Waals surface area contributed by atoms with Crippen LogP contribution in [0.3, 0.4) is 0 Å². The maximum Gasteiger partial charge on any atom is 0.433 e. The Morgan fingerprint density at radius 3 is 2.42 bits per heavy atom. The molecule has 1 aromatic heterocycles. The SMILES string of the molecule is NC1=NC(NC2CCC2)(C2CCC2)N=C(c2cccc(C(F)(F)F)n2)N1. The van der Waals surface area contributed by atoms with Gasteiger partial charge < -0.3 is 11.1 Å². The first-order valence-electron chi connectivity index (χ1n) is 8.90. The molecule has 0 amide bonds. The van der Waals surface area contributed by atoms with Crippen molar-refractivity contribution in [2.24, 2.45) is 21.6 Å². The van der Waals surface area contributed by atoms with Crippen LogP contribution in [0.25, 0.3) is 0 Å². The van der Waals surface area contributed by atoms with Gasteiger partial charge in [-0.15, -0.1) is 0 Å². The van der Waals surface area contributed by atoms with Crippen LogP contribution in [-0.4, -0.2) is 28.6 Å². The van der Waals surface area contributed by atoms with Crippen molar-refractivity contribution in [3.05, 3.63) is 29.6 Å². The lowest BCUT2D eigenvalue weighted by atomic mass is 9.78. The van der Waals surface area contributed by atoms with Crippen molar-refractivity contribution < 1.29 is 13.2 Å². The molecular weight excluding hydrogens is 345 g/mol. The molecule has 0 spiro atoms. The highest BCUT2D eigenvalue weighted by molar-refractivity contribution is 6.08. The first-order valence-corrected chi connectivity index (χ1v) is 8.90. The molecule has 140 valence electrons. The van der Waals surface area contributed by atoms with E-state index in [1.807, 2.05) is 0 Å². The fourth-order valence-electron chi connectivity index (χ4n) is 3.43. The number of rotatable bonds is 4. The van der Waals surface area contributed by atoms with Crippen molar-refractivity contribution in [2.75, 3.05) is 0 Å². The van der Waals surface area contributed by atoms with Gasteiger partial charge in [-0.25, -0.2) is 15.0 Å². The third kappa shape index (κ3) is 3.15. The van der Waals surface area contributed by atoms with E-state index >= 15 is 0 Å². The van der Waals surface area contributed by atoms with E-state index in [-0.39, 0.29) is 23.4 Å². The molecule has 6 nitrogen and oxygen atoms in total. The fourth-order valence-corrected chi connectivity index (χ4v) is 3.43. The average Bonchev–Trinajstić information content (AvgIpc) is 2.48. The normalized spacial score (nSPS) is 27.0. The molecule has 1 atom stereocenters. The molecule has 4 N–H and O–H groups in total. The molecule has 2 fully saturated rings. The number of nitrogens with one attached hydrogen (secondary N) is 2. The van der Waals surface area contributed by atoms with Gasteiger partial charge in [-0.05, 0) is 37.8 Å². The summed E-state index contributed by atoms with van der Waals surface area (Å²) in [6.45, 7) is 0. The average molecular weight is 366 g/mol. The van der Waals surface area contributed by atoms with Crippen molar-refractivity contribution in [3.63, 3.8) is 0 Å².